The van der Waals surface area contributed by atoms with Crippen LogP contribution < -0.4 is 10.9 Å². The third-order valence-electron chi connectivity index (χ3n) is 3.94. The van der Waals surface area contributed by atoms with Gasteiger partial charge in [0.25, 0.3) is 5.56 Å². The average molecular weight is 376 g/mol. The molecular weight excluding hydrogens is 358 g/mol. The molecule has 1 aromatic heterocycles. The van der Waals surface area contributed by atoms with E-state index in [1.165, 1.54) is 4.68 Å². The van der Waals surface area contributed by atoms with Crippen molar-refractivity contribution in [1.82, 2.24) is 9.78 Å². The number of nitrogens with one attached hydrogen (secondary N) is 1. The fourth-order valence-electron chi connectivity index (χ4n) is 2.60. The van der Waals surface area contributed by atoms with Crippen molar-refractivity contribution < 1.29 is 8.42 Å². The molecule has 1 aliphatic carbocycles. The first-order valence-electron chi connectivity index (χ1n) is 7.17. The van der Waals surface area contributed by atoms with Gasteiger partial charge in [0.05, 0.1) is 23.4 Å². The van der Waals surface area contributed by atoms with Gasteiger partial charge in [-0.15, -0.1) is 0 Å². The van der Waals surface area contributed by atoms with Crippen LogP contribution in [0.1, 0.15) is 25.7 Å². The fourth-order valence-corrected chi connectivity index (χ4v) is 4.66. The summed E-state index contributed by atoms with van der Waals surface area (Å²) in [6.07, 6.45) is 5.37. The Bertz CT molecular complexity index is 697. The largest absolute Gasteiger partial charge is 0.379 e. The average Bonchev–Trinajstić information content (AvgIpc) is 3.21. The molecule has 2 fully saturated rings. The van der Waals surface area contributed by atoms with Gasteiger partial charge in [-0.3, -0.25) is 4.79 Å². The number of aromatic nitrogens is 2. The van der Waals surface area contributed by atoms with E-state index in [0.29, 0.717) is 29.0 Å². The van der Waals surface area contributed by atoms with Crippen LogP contribution in [0.2, 0.25) is 0 Å². The molecule has 1 saturated carbocycles. The van der Waals surface area contributed by atoms with Crippen LogP contribution in [0.3, 0.4) is 0 Å². The van der Waals surface area contributed by atoms with Crippen molar-refractivity contribution >= 4 is 31.5 Å². The van der Waals surface area contributed by atoms with E-state index in [2.05, 4.69) is 26.3 Å². The van der Waals surface area contributed by atoms with Gasteiger partial charge in [-0.25, -0.2) is 13.1 Å². The molecule has 0 aromatic carbocycles. The second-order valence-electron chi connectivity index (χ2n) is 5.90. The lowest BCUT2D eigenvalue weighted by Gasteiger charge is -2.24. The first kappa shape index (κ1) is 15.0. The van der Waals surface area contributed by atoms with Gasteiger partial charge < -0.3 is 5.32 Å². The van der Waals surface area contributed by atoms with E-state index in [-0.39, 0.29) is 23.1 Å². The number of anilines is 1. The standard InChI is InChI=1S/C13H18BrN3O3S/c14-12-11(16-10-2-1-5-21(19,20)8-10)6-15-17(13(12)18)7-9-3-4-9/h6,9-10,16H,1-5,7-8H2. The van der Waals surface area contributed by atoms with Gasteiger partial charge in [-0.05, 0) is 47.5 Å². The van der Waals surface area contributed by atoms with Crippen molar-refractivity contribution in [3.8, 4) is 0 Å². The quantitative estimate of drug-likeness (QED) is 0.859. The molecule has 0 spiro atoms. The van der Waals surface area contributed by atoms with E-state index in [1.54, 1.807) is 6.20 Å². The molecule has 0 bridgehead atoms. The molecule has 116 valence electrons. The number of hydrogen-bond donors (Lipinski definition) is 1. The van der Waals surface area contributed by atoms with E-state index in [9.17, 15) is 13.2 Å². The molecule has 21 heavy (non-hydrogen) atoms. The lowest BCUT2D eigenvalue weighted by Crippen LogP contribution is -2.36. The van der Waals surface area contributed by atoms with Crippen molar-refractivity contribution in [3.63, 3.8) is 0 Å². The second kappa shape index (κ2) is 5.72. The predicted molar refractivity (Wildman–Crippen MR) is 84.2 cm³/mol. The van der Waals surface area contributed by atoms with Crippen LogP contribution in [0.15, 0.2) is 15.5 Å². The molecule has 1 unspecified atom stereocenters. The molecule has 6 nitrogen and oxygen atoms in total. The highest BCUT2D eigenvalue weighted by Gasteiger charge is 2.26. The van der Waals surface area contributed by atoms with Crippen molar-refractivity contribution in [3.05, 3.63) is 21.0 Å². The smallest absolute Gasteiger partial charge is 0.283 e. The number of rotatable bonds is 4. The zero-order valence-electron chi connectivity index (χ0n) is 11.6. The molecule has 3 rings (SSSR count). The molecule has 1 atom stereocenters. The van der Waals surface area contributed by atoms with Gasteiger partial charge in [0.1, 0.15) is 4.47 Å². The Morgan fingerprint density at radius 2 is 2.14 bits per heavy atom. The summed E-state index contributed by atoms with van der Waals surface area (Å²) in [6.45, 7) is 0.662. The molecule has 2 aliphatic rings. The third kappa shape index (κ3) is 3.66. The first-order chi connectivity index (χ1) is 9.94. The van der Waals surface area contributed by atoms with E-state index in [4.69, 9.17) is 0 Å². The minimum absolute atomic E-state index is 0.116. The van der Waals surface area contributed by atoms with Crippen molar-refractivity contribution in [2.24, 2.45) is 5.92 Å². The molecular formula is C13H18BrN3O3S. The van der Waals surface area contributed by atoms with Crippen LogP contribution in [0.25, 0.3) is 0 Å². The monoisotopic (exact) mass is 375 g/mol. The topological polar surface area (TPSA) is 81.1 Å². The highest BCUT2D eigenvalue weighted by molar-refractivity contribution is 9.10. The summed E-state index contributed by atoms with van der Waals surface area (Å²) in [5.41, 5.74) is 0.416. The highest BCUT2D eigenvalue weighted by atomic mass is 79.9. The lowest BCUT2D eigenvalue weighted by molar-refractivity contribution is 0.530. The summed E-state index contributed by atoms with van der Waals surface area (Å²) in [5.74, 6) is 0.947. The maximum absolute atomic E-state index is 12.2. The van der Waals surface area contributed by atoms with E-state index in [1.807, 2.05) is 0 Å². The molecule has 0 radical (unpaired) electrons. The van der Waals surface area contributed by atoms with Gasteiger partial charge in [0.2, 0.25) is 0 Å². The fraction of sp³-hybridized carbons (Fsp3) is 0.692. The second-order valence-corrected chi connectivity index (χ2v) is 8.92. The molecule has 1 N–H and O–H groups in total. The molecule has 8 heteroatoms. The number of sulfone groups is 1. The Kier molecular flexibility index (Phi) is 4.09. The van der Waals surface area contributed by atoms with Gasteiger partial charge >= 0.3 is 0 Å². The maximum Gasteiger partial charge on any atom is 0.283 e. The number of nitrogens with zero attached hydrogens (tertiary/aromatic N) is 2. The van der Waals surface area contributed by atoms with E-state index in [0.717, 1.165) is 19.3 Å². The number of hydrogen-bond acceptors (Lipinski definition) is 5. The molecule has 1 aromatic rings. The molecule has 0 amide bonds. The zero-order chi connectivity index (χ0) is 15.0. The van der Waals surface area contributed by atoms with Crippen LogP contribution in [-0.2, 0) is 16.4 Å². The summed E-state index contributed by atoms with van der Waals surface area (Å²) in [5, 5.41) is 7.32. The van der Waals surface area contributed by atoms with Gasteiger partial charge in [0.15, 0.2) is 9.84 Å². The Labute approximate surface area is 132 Å². The Balaban J connectivity index is 1.76. The highest BCUT2D eigenvalue weighted by Crippen LogP contribution is 2.30. The van der Waals surface area contributed by atoms with E-state index >= 15 is 0 Å². The predicted octanol–water partition coefficient (Wildman–Crippen LogP) is 1.40. The minimum atomic E-state index is -2.97. The van der Waals surface area contributed by atoms with Gasteiger partial charge in [0, 0.05) is 12.6 Å². The van der Waals surface area contributed by atoms with Gasteiger partial charge in [-0.1, -0.05) is 0 Å². The van der Waals surface area contributed by atoms with Gasteiger partial charge in [-0.2, -0.15) is 5.10 Å². The summed E-state index contributed by atoms with van der Waals surface area (Å²) in [6, 6.07) is -0.152. The van der Waals surface area contributed by atoms with Crippen LogP contribution in [-0.4, -0.2) is 35.7 Å². The zero-order valence-corrected chi connectivity index (χ0v) is 14.0. The van der Waals surface area contributed by atoms with Crippen LogP contribution >= 0.6 is 15.9 Å². The van der Waals surface area contributed by atoms with Crippen molar-refractivity contribution in [2.75, 3.05) is 16.8 Å². The molecule has 2 heterocycles. The van der Waals surface area contributed by atoms with Crippen LogP contribution in [0.5, 0.6) is 0 Å². The van der Waals surface area contributed by atoms with Crippen LogP contribution in [0, 0.1) is 5.92 Å². The van der Waals surface area contributed by atoms with Crippen LogP contribution in [0.4, 0.5) is 5.69 Å². The first-order valence-corrected chi connectivity index (χ1v) is 9.78. The van der Waals surface area contributed by atoms with Crippen molar-refractivity contribution in [2.45, 2.75) is 38.3 Å². The summed E-state index contributed by atoms with van der Waals surface area (Å²) in [4.78, 5) is 12.2. The number of halogens is 1. The van der Waals surface area contributed by atoms with Crippen molar-refractivity contribution in [1.29, 1.82) is 0 Å². The third-order valence-corrected chi connectivity index (χ3v) is 6.52. The molecule has 1 saturated heterocycles. The Hall–Kier alpha value is -0.890. The lowest BCUT2D eigenvalue weighted by atomic mass is 10.2. The SMILES string of the molecule is O=c1c(Br)c(NC2CCCS(=O)(=O)C2)cnn1CC1CC1. The summed E-state index contributed by atoms with van der Waals surface area (Å²) in [7, 11) is -2.97. The summed E-state index contributed by atoms with van der Waals surface area (Å²) >= 11 is 3.31. The summed E-state index contributed by atoms with van der Waals surface area (Å²) < 4.78 is 25.2. The Morgan fingerprint density at radius 1 is 1.38 bits per heavy atom. The van der Waals surface area contributed by atoms with E-state index < -0.39 is 9.84 Å². The maximum atomic E-state index is 12.2. The minimum Gasteiger partial charge on any atom is -0.379 e. The normalized spacial score (nSPS) is 24.7. The Morgan fingerprint density at radius 3 is 2.81 bits per heavy atom. The molecule has 1 aliphatic heterocycles.